The molecule has 32 heavy (non-hydrogen) atoms. The fourth-order valence-electron chi connectivity index (χ4n) is 3.03. The number of nitriles is 2. The lowest BCUT2D eigenvalue weighted by Gasteiger charge is -2.14. The number of nitrogens with zero attached hydrogens (tertiary/aromatic N) is 2. The van der Waals surface area contributed by atoms with Gasteiger partial charge in [0.25, 0.3) is 5.56 Å². The number of carbonyl (C=O) groups excluding carboxylic acids is 1. The number of aromatic nitrogens is 1. The van der Waals surface area contributed by atoms with Crippen molar-refractivity contribution in [1.82, 2.24) is 4.98 Å². The van der Waals surface area contributed by atoms with Crippen molar-refractivity contribution >= 4 is 11.8 Å². The maximum Gasteiger partial charge on any atom is 0.343 e. The summed E-state index contributed by atoms with van der Waals surface area (Å²) in [5, 5.41) is 19.0. The maximum absolute atomic E-state index is 12.5. The van der Waals surface area contributed by atoms with E-state index in [1.807, 2.05) is 6.07 Å². The zero-order valence-corrected chi connectivity index (χ0v) is 17.3. The van der Waals surface area contributed by atoms with Gasteiger partial charge in [0.05, 0.1) is 19.3 Å². The zero-order chi connectivity index (χ0) is 23.3. The molecule has 0 amide bonds. The standard InChI is InChI=1S/C23H18N4O5/c1-3-31-19-10-14(20-16(11-24)21(26)27-22(28)17(20)12-25)6-9-18(19)32-23(29)13-4-7-15(30-2)8-5-13/h4-10H,3H2,1-2H3,(H3,26,27,28). The Labute approximate surface area is 183 Å². The molecular weight excluding hydrogens is 412 g/mol. The molecule has 0 fully saturated rings. The highest BCUT2D eigenvalue weighted by atomic mass is 16.6. The number of nitrogen functional groups attached to an aromatic ring is 1. The average molecular weight is 430 g/mol. The molecule has 0 atom stereocenters. The van der Waals surface area contributed by atoms with E-state index in [-0.39, 0.29) is 40.6 Å². The lowest BCUT2D eigenvalue weighted by Crippen LogP contribution is -2.16. The molecule has 1 aromatic heterocycles. The van der Waals surface area contributed by atoms with E-state index in [0.717, 1.165) is 0 Å². The van der Waals surface area contributed by atoms with Crippen molar-refractivity contribution in [1.29, 1.82) is 10.5 Å². The number of H-pyrrole nitrogens is 1. The molecule has 0 aliphatic carbocycles. The van der Waals surface area contributed by atoms with E-state index in [1.54, 1.807) is 37.3 Å². The summed E-state index contributed by atoms with van der Waals surface area (Å²) in [6.45, 7) is 2.00. The van der Waals surface area contributed by atoms with Crippen LogP contribution in [0.1, 0.15) is 28.4 Å². The summed E-state index contributed by atoms with van der Waals surface area (Å²) in [4.78, 5) is 27.0. The Morgan fingerprint density at radius 1 is 1.06 bits per heavy atom. The van der Waals surface area contributed by atoms with Crippen molar-refractivity contribution in [3.05, 3.63) is 69.5 Å². The molecule has 0 bridgehead atoms. The first-order valence-corrected chi connectivity index (χ1v) is 9.42. The fourth-order valence-corrected chi connectivity index (χ4v) is 3.03. The minimum atomic E-state index is -0.716. The number of methoxy groups -OCH3 is 1. The summed E-state index contributed by atoms with van der Waals surface area (Å²) in [6, 6.07) is 14.6. The Hall–Kier alpha value is -4.76. The number of anilines is 1. The van der Waals surface area contributed by atoms with Crippen LogP contribution >= 0.6 is 0 Å². The summed E-state index contributed by atoms with van der Waals surface area (Å²) < 4.78 is 16.2. The van der Waals surface area contributed by atoms with Gasteiger partial charge in [-0.25, -0.2) is 4.79 Å². The topological polar surface area (TPSA) is 151 Å². The molecule has 160 valence electrons. The molecule has 3 rings (SSSR count). The number of rotatable bonds is 6. The number of nitrogens with two attached hydrogens (primary N) is 1. The fraction of sp³-hybridized carbons (Fsp3) is 0.130. The van der Waals surface area contributed by atoms with Gasteiger partial charge >= 0.3 is 5.97 Å². The molecule has 0 saturated heterocycles. The van der Waals surface area contributed by atoms with Crippen molar-refractivity contribution in [3.63, 3.8) is 0 Å². The Morgan fingerprint density at radius 2 is 1.75 bits per heavy atom. The van der Waals surface area contributed by atoms with Gasteiger partial charge in [0.2, 0.25) is 0 Å². The zero-order valence-electron chi connectivity index (χ0n) is 17.3. The van der Waals surface area contributed by atoms with Crippen LogP contribution in [0.15, 0.2) is 47.3 Å². The second-order valence-electron chi connectivity index (χ2n) is 6.43. The van der Waals surface area contributed by atoms with E-state index < -0.39 is 11.5 Å². The molecule has 3 aromatic rings. The van der Waals surface area contributed by atoms with Crippen LogP contribution in [0.3, 0.4) is 0 Å². The predicted octanol–water partition coefficient (Wildman–Crippen LogP) is 2.99. The van der Waals surface area contributed by atoms with Gasteiger partial charge in [-0.1, -0.05) is 6.07 Å². The summed E-state index contributed by atoms with van der Waals surface area (Å²) in [7, 11) is 1.52. The summed E-state index contributed by atoms with van der Waals surface area (Å²) in [5.74, 6) is 0.154. The Bertz CT molecular complexity index is 1310. The largest absolute Gasteiger partial charge is 0.497 e. The maximum atomic E-state index is 12.5. The first-order chi connectivity index (χ1) is 15.4. The summed E-state index contributed by atoms with van der Waals surface area (Å²) >= 11 is 0. The normalized spacial score (nSPS) is 10.0. The quantitative estimate of drug-likeness (QED) is 0.447. The molecular formula is C23H18N4O5. The number of nitrogens with one attached hydrogen (secondary N) is 1. The number of aromatic amines is 1. The van der Waals surface area contributed by atoms with Gasteiger partial charge in [-0.05, 0) is 48.9 Å². The minimum absolute atomic E-state index is 0.0495. The molecule has 1 heterocycles. The molecule has 3 N–H and O–H groups in total. The number of pyridine rings is 1. The van der Waals surface area contributed by atoms with Crippen LogP contribution in [-0.4, -0.2) is 24.7 Å². The summed E-state index contributed by atoms with van der Waals surface area (Å²) in [5.41, 5.74) is 5.46. The van der Waals surface area contributed by atoms with Crippen LogP contribution in [0.4, 0.5) is 5.82 Å². The molecule has 0 aliphatic heterocycles. The smallest absolute Gasteiger partial charge is 0.343 e. The summed E-state index contributed by atoms with van der Waals surface area (Å²) in [6.07, 6.45) is 0. The Balaban J connectivity index is 2.06. The monoisotopic (exact) mass is 430 g/mol. The first kappa shape index (κ1) is 21.9. The van der Waals surface area contributed by atoms with Crippen LogP contribution in [-0.2, 0) is 0 Å². The third-order valence-corrected chi connectivity index (χ3v) is 4.53. The van der Waals surface area contributed by atoms with Crippen LogP contribution in [0, 0.1) is 22.7 Å². The van der Waals surface area contributed by atoms with Gasteiger partial charge in [0, 0.05) is 5.56 Å². The van der Waals surface area contributed by atoms with E-state index in [2.05, 4.69) is 4.98 Å². The molecule has 2 aromatic carbocycles. The van der Waals surface area contributed by atoms with Crippen molar-refractivity contribution < 1.29 is 19.0 Å². The van der Waals surface area contributed by atoms with E-state index >= 15 is 0 Å². The van der Waals surface area contributed by atoms with Crippen LogP contribution < -0.4 is 25.5 Å². The lowest BCUT2D eigenvalue weighted by atomic mass is 9.96. The first-order valence-electron chi connectivity index (χ1n) is 9.42. The third kappa shape index (κ3) is 4.23. The highest BCUT2D eigenvalue weighted by Crippen LogP contribution is 2.36. The Morgan fingerprint density at radius 3 is 2.34 bits per heavy atom. The number of hydrogen-bond donors (Lipinski definition) is 2. The number of hydrogen-bond acceptors (Lipinski definition) is 8. The molecule has 0 saturated carbocycles. The second kappa shape index (κ2) is 9.37. The van der Waals surface area contributed by atoms with E-state index in [4.69, 9.17) is 19.9 Å². The molecule has 0 unspecified atom stereocenters. The Kier molecular flexibility index (Phi) is 6.42. The van der Waals surface area contributed by atoms with Gasteiger partial charge in [-0.3, -0.25) is 4.79 Å². The van der Waals surface area contributed by atoms with Crippen molar-refractivity contribution in [2.75, 3.05) is 19.5 Å². The number of carbonyl (C=O) groups is 1. The van der Waals surface area contributed by atoms with Crippen LogP contribution in [0.5, 0.6) is 17.2 Å². The van der Waals surface area contributed by atoms with Crippen molar-refractivity contribution in [2.45, 2.75) is 6.92 Å². The molecule has 9 nitrogen and oxygen atoms in total. The van der Waals surface area contributed by atoms with Gasteiger partial charge in [-0.15, -0.1) is 0 Å². The van der Waals surface area contributed by atoms with Crippen molar-refractivity contribution in [2.24, 2.45) is 0 Å². The minimum Gasteiger partial charge on any atom is -0.497 e. The number of ether oxygens (including phenoxy) is 3. The second-order valence-corrected chi connectivity index (χ2v) is 6.43. The van der Waals surface area contributed by atoms with Gasteiger partial charge in [0.1, 0.15) is 34.8 Å². The van der Waals surface area contributed by atoms with Crippen molar-refractivity contribution in [3.8, 4) is 40.5 Å². The number of esters is 1. The molecule has 9 heteroatoms. The van der Waals surface area contributed by atoms with Crippen LogP contribution in [0.25, 0.3) is 11.1 Å². The highest BCUT2D eigenvalue weighted by Gasteiger charge is 2.20. The average Bonchev–Trinajstić information content (AvgIpc) is 2.80. The van der Waals surface area contributed by atoms with E-state index in [9.17, 15) is 20.1 Å². The van der Waals surface area contributed by atoms with E-state index in [0.29, 0.717) is 16.9 Å². The van der Waals surface area contributed by atoms with Gasteiger partial charge in [0.15, 0.2) is 11.5 Å². The highest BCUT2D eigenvalue weighted by molar-refractivity contribution is 5.91. The molecule has 0 radical (unpaired) electrons. The third-order valence-electron chi connectivity index (χ3n) is 4.53. The van der Waals surface area contributed by atoms with Gasteiger partial charge < -0.3 is 24.9 Å². The number of benzene rings is 2. The molecule has 0 aliphatic rings. The SMILES string of the molecule is CCOc1cc(-c2c(C#N)c(N)[nH]c(=O)c2C#N)ccc1OC(=O)c1ccc(OC)cc1. The van der Waals surface area contributed by atoms with E-state index in [1.165, 1.54) is 25.3 Å². The predicted molar refractivity (Wildman–Crippen MR) is 115 cm³/mol. The lowest BCUT2D eigenvalue weighted by molar-refractivity contribution is 0.0728. The van der Waals surface area contributed by atoms with Gasteiger partial charge in [-0.2, -0.15) is 10.5 Å². The molecule has 0 spiro atoms. The van der Waals surface area contributed by atoms with Crippen LogP contribution in [0.2, 0.25) is 0 Å².